The zero-order valence-corrected chi connectivity index (χ0v) is 12.8. The number of nitrogens with zero attached hydrogens (tertiary/aromatic N) is 2. The fourth-order valence-corrected chi connectivity index (χ4v) is 3.31. The number of hydrogen-bond acceptors (Lipinski definition) is 2. The van der Waals surface area contributed by atoms with Crippen LogP contribution >= 0.6 is 0 Å². The molecule has 1 fully saturated rings. The Labute approximate surface area is 118 Å². The molecule has 0 spiro atoms. The third-order valence-corrected chi connectivity index (χ3v) is 4.63. The van der Waals surface area contributed by atoms with E-state index in [-0.39, 0.29) is 0 Å². The lowest BCUT2D eigenvalue weighted by Crippen LogP contribution is -2.49. The lowest BCUT2D eigenvalue weighted by molar-refractivity contribution is 0.153. The summed E-state index contributed by atoms with van der Waals surface area (Å²) in [5.74, 6) is 0. The maximum absolute atomic E-state index is 3.69. The highest BCUT2D eigenvalue weighted by molar-refractivity contribution is 5.07. The minimum absolute atomic E-state index is 0.391. The highest BCUT2D eigenvalue weighted by atomic mass is 15.2. The van der Waals surface area contributed by atoms with Gasteiger partial charge in [-0.15, -0.1) is 0 Å². The Hall–Kier alpha value is -0.800. The molecule has 1 heterocycles. The van der Waals surface area contributed by atoms with E-state index in [0.29, 0.717) is 5.54 Å². The van der Waals surface area contributed by atoms with Crippen LogP contribution in [0.3, 0.4) is 0 Å². The number of aryl methyl sites for hydroxylation is 1. The monoisotopic (exact) mass is 263 g/mol. The predicted octanol–water partition coefficient (Wildman–Crippen LogP) is 2.86. The van der Waals surface area contributed by atoms with Crippen LogP contribution in [0.2, 0.25) is 0 Å². The van der Waals surface area contributed by atoms with Crippen LogP contribution in [0.25, 0.3) is 0 Å². The van der Waals surface area contributed by atoms with E-state index in [1.165, 1.54) is 37.8 Å². The molecule has 0 unspecified atom stereocenters. The fourth-order valence-electron chi connectivity index (χ4n) is 3.31. The quantitative estimate of drug-likeness (QED) is 0.816. The Kier molecular flexibility index (Phi) is 5.06. The average Bonchev–Trinajstić information content (AvgIpc) is 3.01. The van der Waals surface area contributed by atoms with Gasteiger partial charge in [0.2, 0.25) is 0 Å². The molecule has 0 radical (unpaired) electrons. The van der Waals surface area contributed by atoms with Gasteiger partial charge in [0.15, 0.2) is 0 Å². The van der Waals surface area contributed by atoms with Crippen molar-refractivity contribution in [1.82, 2.24) is 14.8 Å². The topological polar surface area (TPSA) is 20.2 Å². The normalized spacial score (nSPS) is 18.3. The van der Waals surface area contributed by atoms with Gasteiger partial charge in [-0.3, -0.25) is 0 Å². The maximum atomic E-state index is 3.69. The Bertz CT molecular complexity index is 375. The Morgan fingerprint density at radius 1 is 1.32 bits per heavy atom. The van der Waals surface area contributed by atoms with E-state index in [1.54, 1.807) is 0 Å². The summed E-state index contributed by atoms with van der Waals surface area (Å²) < 4.78 is 2.37. The summed E-state index contributed by atoms with van der Waals surface area (Å²) in [5, 5.41) is 3.69. The van der Waals surface area contributed by atoms with Crippen LogP contribution in [-0.2, 0) is 13.1 Å². The zero-order chi connectivity index (χ0) is 13.7. The van der Waals surface area contributed by atoms with Crippen LogP contribution in [0.1, 0.15) is 44.7 Å². The van der Waals surface area contributed by atoms with Crippen molar-refractivity contribution in [3.63, 3.8) is 0 Å². The van der Waals surface area contributed by atoms with E-state index >= 15 is 0 Å². The molecule has 1 aliphatic carbocycles. The van der Waals surface area contributed by atoms with E-state index in [9.17, 15) is 0 Å². The molecule has 0 aromatic carbocycles. The van der Waals surface area contributed by atoms with Crippen molar-refractivity contribution in [2.75, 3.05) is 20.6 Å². The SMILES string of the molecule is CCCn1cccc1CNCC1(N(C)C)CCCC1. The second kappa shape index (κ2) is 6.58. The molecule has 1 aromatic heterocycles. The molecule has 1 saturated carbocycles. The maximum Gasteiger partial charge on any atom is 0.0360 e. The minimum atomic E-state index is 0.391. The van der Waals surface area contributed by atoms with Crippen molar-refractivity contribution < 1.29 is 0 Å². The van der Waals surface area contributed by atoms with Crippen molar-refractivity contribution >= 4 is 0 Å². The van der Waals surface area contributed by atoms with Crippen LogP contribution in [0.5, 0.6) is 0 Å². The summed E-state index contributed by atoms with van der Waals surface area (Å²) in [7, 11) is 4.46. The Morgan fingerprint density at radius 2 is 2.05 bits per heavy atom. The smallest absolute Gasteiger partial charge is 0.0360 e. The Balaban J connectivity index is 1.86. The van der Waals surface area contributed by atoms with Crippen molar-refractivity contribution in [2.45, 2.75) is 57.7 Å². The van der Waals surface area contributed by atoms with E-state index < -0.39 is 0 Å². The summed E-state index contributed by atoms with van der Waals surface area (Å²) in [6.45, 7) is 5.46. The van der Waals surface area contributed by atoms with Gasteiger partial charge >= 0.3 is 0 Å². The summed E-state index contributed by atoms with van der Waals surface area (Å²) >= 11 is 0. The molecule has 1 N–H and O–H groups in total. The molecule has 0 atom stereocenters. The third kappa shape index (κ3) is 3.40. The lowest BCUT2D eigenvalue weighted by atomic mass is 9.96. The first-order chi connectivity index (χ1) is 9.18. The van der Waals surface area contributed by atoms with Crippen LogP contribution in [0.15, 0.2) is 18.3 Å². The molecular weight excluding hydrogens is 234 g/mol. The average molecular weight is 263 g/mol. The lowest BCUT2D eigenvalue weighted by Gasteiger charge is -2.36. The Morgan fingerprint density at radius 3 is 2.68 bits per heavy atom. The van der Waals surface area contributed by atoms with Crippen LogP contribution in [0, 0.1) is 0 Å². The van der Waals surface area contributed by atoms with Crippen molar-refractivity contribution in [1.29, 1.82) is 0 Å². The van der Waals surface area contributed by atoms with Crippen LogP contribution in [0.4, 0.5) is 0 Å². The van der Waals surface area contributed by atoms with Gasteiger partial charge in [0.25, 0.3) is 0 Å². The molecule has 0 saturated heterocycles. The van der Waals surface area contributed by atoms with Gasteiger partial charge in [-0.25, -0.2) is 0 Å². The molecule has 2 rings (SSSR count). The summed E-state index contributed by atoms with van der Waals surface area (Å²) in [4.78, 5) is 2.43. The molecule has 108 valence electrons. The summed E-state index contributed by atoms with van der Waals surface area (Å²) in [6, 6.07) is 4.39. The highest BCUT2D eigenvalue weighted by Crippen LogP contribution is 2.33. The standard InChI is InChI=1S/C16H29N3/c1-4-11-19-12-7-8-15(19)13-17-14-16(18(2)3)9-5-6-10-16/h7-8,12,17H,4-6,9-11,13-14H2,1-3H3. The molecule has 0 aliphatic heterocycles. The molecule has 1 aromatic rings. The van der Waals surface area contributed by atoms with Crippen molar-refractivity contribution in [3.05, 3.63) is 24.0 Å². The van der Waals surface area contributed by atoms with E-state index in [4.69, 9.17) is 0 Å². The number of aromatic nitrogens is 1. The highest BCUT2D eigenvalue weighted by Gasteiger charge is 2.35. The van der Waals surface area contributed by atoms with Gasteiger partial charge in [0.05, 0.1) is 0 Å². The van der Waals surface area contributed by atoms with Gasteiger partial charge in [-0.05, 0) is 45.5 Å². The molecule has 19 heavy (non-hydrogen) atoms. The van der Waals surface area contributed by atoms with Gasteiger partial charge in [0, 0.05) is 37.1 Å². The predicted molar refractivity (Wildman–Crippen MR) is 81.3 cm³/mol. The van der Waals surface area contributed by atoms with Gasteiger partial charge in [-0.1, -0.05) is 19.8 Å². The molecule has 1 aliphatic rings. The second-order valence-electron chi connectivity index (χ2n) is 6.12. The first-order valence-electron chi connectivity index (χ1n) is 7.70. The number of rotatable bonds is 7. The molecular formula is C16H29N3. The van der Waals surface area contributed by atoms with E-state index in [2.05, 4.69) is 54.1 Å². The largest absolute Gasteiger partial charge is 0.350 e. The van der Waals surface area contributed by atoms with Gasteiger partial charge in [-0.2, -0.15) is 0 Å². The number of nitrogens with one attached hydrogen (secondary N) is 1. The summed E-state index contributed by atoms with van der Waals surface area (Å²) in [5.41, 5.74) is 1.80. The third-order valence-electron chi connectivity index (χ3n) is 4.63. The van der Waals surface area contributed by atoms with Crippen LogP contribution in [-0.4, -0.2) is 35.6 Å². The minimum Gasteiger partial charge on any atom is -0.350 e. The van der Waals surface area contributed by atoms with Crippen molar-refractivity contribution in [2.24, 2.45) is 0 Å². The zero-order valence-electron chi connectivity index (χ0n) is 12.8. The molecule has 3 heteroatoms. The molecule has 0 bridgehead atoms. The second-order valence-corrected chi connectivity index (χ2v) is 6.12. The van der Waals surface area contributed by atoms with E-state index in [0.717, 1.165) is 19.6 Å². The van der Waals surface area contributed by atoms with E-state index in [1.807, 2.05) is 0 Å². The molecule has 0 amide bonds. The van der Waals surface area contributed by atoms with Crippen LogP contribution < -0.4 is 5.32 Å². The molecule has 3 nitrogen and oxygen atoms in total. The first-order valence-corrected chi connectivity index (χ1v) is 7.70. The van der Waals surface area contributed by atoms with Crippen molar-refractivity contribution in [3.8, 4) is 0 Å². The first kappa shape index (κ1) is 14.6. The van der Waals surface area contributed by atoms with Gasteiger partial charge < -0.3 is 14.8 Å². The number of likely N-dealkylation sites (N-methyl/N-ethyl adjacent to an activating group) is 1. The summed E-state index contributed by atoms with van der Waals surface area (Å²) in [6.07, 6.45) is 8.82. The number of hydrogen-bond donors (Lipinski definition) is 1. The fraction of sp³-hybridized carbons (Fsp3) is 0.750. The van der Waals surface area contributed by atoms with Gasteiger partial charge in [0.1, 0.15) is 0 Å².